The predicted octanol–water partition coefficient (Wildman–Crippen LogP) is 2.84. The molecule has 4 nitrogen and oxygen atoms in total. The highest BCUT2D eigenvalue weighted by Gasteiger charge is 2.44. The molecule has 0 saturated carbocycles. The van der Waals surface area contributed by atoms with Crippen LogP contribution in [0.15, 0.2) is 48.5 Å². The summed E-state index contributed by atoms with van der Waals surface area (Å²) in [5.41, 5.74) is 4.65. The minimum Gasteiger partial charge on any atom is -0.467 e. The van der Waals surface area contributed by atoms with Crippen LogP contribution in [0.2, 0.25) is 0 Å². The van der Waals surface area contributed by atoms with Crippen LogP contribution in [0.25, 0.3) is 0 Å². The fourth-order valence-corrected chi connectivity index (χ4v) is 3.99. The maximum atomic E-state index is 12.6. The van der Waals surface area contributed by atoms with Crippen molar-refractivity contribution in [2.45, 2.75) is 31.3 Å². The summed E-state index contributed by atoms with van der Waals surface area (Å²) in [5, 5.41) is 0. The Morgan fingerprint density at radius 1 is 1.04 bits per heavy atom. The van der Waals surface area contributed by atoms with Crippen LogP contribution in [0, 0.1) is 0 Å². The lowest BCUT2D eigenvalue weighted by Crippen LogP contribution is -2.43. The largest absolute Gasteiger partial charge is 0.467 e. The Balaban J connectivity index is 1.88. The van der Waals surface area contributed by atoms with E-state index >= 15 is 0 Å². The van der Waals surface area contributed by atoms with Crippen LogP contribution >= 0.6 is 0 Å². The topological polar surface area (TPSA) is 46.6 Å². The quantitative estimate of drug-likeness (QED) is 0.799. The number of carbonyl (C=O) groups excluding carboxylic acids is 2. The molecule has 1 aliphatic heterocycles. The normalized spacial score (nSPS) is 19.8. The van der Waals surface area contributed by atoms with Crippen molar-refractivity contribution in [3.8, 4) is 0 Å². The first-order valence-electron chi connectivity index (χ1n) is 8.25. The van der Waals surface area contributed by atoms with E-state index in [-0.39, 0.29) is 17.9 Å². The van der Waals surface area contributed by atoms with Gasteiger partial charge in [-0.1, -0.05) is 48.5 Å². The lowest BCUT2D eigenvalue weighted by molar-refractivity contribution is -0.150. The molecule has 24 heavy (non-hydrogen) atoms. The van der Waals surface area contributed by atoms with Crippen molar-refractivity contribution in [1.29, 1.82) is 0 Å². The van der Waals surface area contributed by atoms with Gasteiger partial charge in [0.1, 0.15) is 6.04 Å². The molecule has 2 aliphatic rings. The van der Waals surface area contributed by atoms with Crippen molar-refractivity contribution >= 4 is 11.9 Å². The number of hydrogen-bond donors (Lipinski definition) is 0. The van der Waals surface area contributed by atoms with Crippen LogP contribution in [0.1, 0.15) is 41.1 Å². The molecule has 4 rings (SSSR count). The molecule has 1 atom stereocenters. The number of ether oxygens (including phenoxy) is 1. The van der Waals surface area contributed by atoms with E-state index in [2.05, 4.69) is 24.3 Å². The molecule has 1 aliphatic carbocycles. The van der Waals surface area contributed by atoms with E-state index in [9.17, 15) is 9.59 Å². The Kier molecular flexibility index (Phi) is 3.60. The van der Waals surface area contributed by atoms with Gasteiger partial charge in [-0.2, -0.15) is 0 Å². The standard InChI is InChI=1S/C20H19NO3/c1-24-20(23)17-10-11-18(22)21(17)19-15-8-4-2-6-13(15)12-14-7-3-5-9-16(14)19/h2-9,17,19H,10-12H2,1H3. The monoisotopic (exact) mass is 321 g/mol. The van der Waals surface area contributed by atoms with Gasteiger partial charge in [0, 0.05) is 6.42 Å². The molecule has 2 aromatic rings. The highest BCUT2D eigenvalue weighted by Crippen LogP contribution is 2.42. The van der Waals surface area contributed by atoms with E-state index in [4.69, 9.17) is 4.74 Å². The Morgan fingerprint density at radius 3 is 2.21 bits per heavy atom. The molecule has 0 bridgehead atoms. The Labute approximate surface area is 141 Å². The summed E-state index contributed by atoms with van der Waals surface area (Å²) >= 11 is 0. The number of nitrogens with zero attached hydrogens (tertiary/aromatic N) is 1. The average Bonchev–Trinajstić information content (AvgIpc) is 3.00. The molecule has 1 unspecified atom stereocenters. The van der Waals surface area contributed by atoms with Crippen LogP contribution in [-0.4, -0.2) is 29.9 Å². The maximum Gasteiger partial charge on any atom is 0.328 e. The summed E-state index contributed by atoms with van der Waals surface area (Å²) in [4.78, 5) is 26.6. The highest BCUT2D eigenvalue weighted by molar-refractivity contribution is 5.89. The van der Waals surface area contributed by atoms with Crippen molar-refractivity contribution in [2.75, 3.05) is 7.11 Å². The molecule has 0 N–H and O–H groups in total. The first-order chi connectivity index (χ1) is 11.7. The highest BCUT2D eigenvalue weighted by atomic mass is 16.5. The SMILES string of the molecule is COC(=O)C1CCC(=O)N1C1c2ccccc2Cc2ccccc21. The van der Waals surface area contributed by atoms with Crippen LogP contribution in [-0.2, 0) is 20.7 Å². The molecule has 1 amide bonds. The third-order valence-electron chi connectivity index (χ3n) is 5.09. The minimum atomic E-state index is -0.508. The van der Waals surface area contributed by atoms with Crippen molar-refractivity contribution in [1.82, 2.24) is 4.90 Å². The number of esters is 1. The molecule has 0 spiro atoms. The number of likely N-dealkylation sites (tertiary alicyclic amines) is 1. The molecule has 1 fully saturated rings. The fourth-order valence-electron chi connectivity index (χ4n) is 3.99. The summed E-state index contributed by atoms with van der Waals surface area (Å²) in [6.45, 7) is 0. The number of hydrogen-bond acceptors (Lipinski definition) is 3. The van der Waals surface area contributed by atoms with E-state index in [1.807, 2.05) is 24.3 Å². The number of benzene rings is 2. The first-order valence-corrected chi connectivity index (χ1v) is 8.25. The summed E-state index contributed by atoms with van der Waals surface area (Å²) < 4.78 is 4.95. The molecule has 122 valence electrons. The number of methoxy groups -OCH3 is 1. The van der Waals surface area contributed by atoms with Gasteiger partial charge in [-0.05, 0) is 35.1 Å². The minimum absolute atomic E-state index is 0.0157. The molecule has 0 radical (unpaired) electrons. The lowest BCUT2D eigenvalue weighted by atomic mass is 9.81. The molecular formula is C20H19NO3. The van der Waals surface area contributed by atoms with E-state index < -0.39 is 6.04 Å². The first kappa shape index (κ1) is 14.9. The number of carbonyl (C=O) groups is 2. The van der Waals surface area contributed by atoms with Gasteiger partial charge in [0.05, 0.1) is 13.2 Å². The van der Waals surface area contributed by atoms with Gasteiger partial charge in [-0.3, -0.25) is 4.79 Å². The van der Waals surface area contributed by atoms with E-state index in [0.29, 0.717) is 12.8 Å². The van der Waals surface area contributed by atoms with Gasteiger partial charge >= 0.3 is 5.97 Å². The zero-order valence-corrected chi connectivity index (χ0v) is 13.6. The Hall–Kier alpha value is -2.62. The Bertz CT molecular complexity index is 769. The summed E-state index contributed by atoms with van der Waals surface area (Å²) in [7, 11) is 1.38. The molecule has 1 saturated heterocycles. The molecular weight excluding hydrogens is 302 g/mol. The zero-order chi connectivity index (χ0) is 16.7. The second-order valence-corrected chi connectivity index (χ2v) is 6.36. The molecule has 2 aromatic carbocycles. The summed E-state index contributed by atoms with van der Waals surface area (Å²) in [5.74, 6) is -0.316. The smallest absolute Gasteiger partial charge is 0.328 e. The van der Waals surface area contributed by atoms with Gasteiger partial charge in [-0.25, -0.2) is 4.79 Å². The molecule has 4 heteroatoms. The van der Waals surface area contributed by atoms with Crippen molar-refractivity contribution in [3.05, 3.63) is 70.8 Å². The van der Waals surface area contributed by atoms with Crippen LogP contribution in [0.5, 0.6) is 0 Å². The van der Waals surface area contributed by atoms with Crippen molar-refractivity contribution in [2.24, 2.45) is 0 Å². The van der Waals surface area contributed by atoms with Crippen LogP contribution in [0.4, 0.5) is 0 Å². The molecule has 0 aromatic heterocycles. The van der Waals surface area contributed by atoms with Crippen LogP contribution < -0.4 is 0 Å². The molecule has 1 heterocycles. The third-order valence-corrected chi connectivity index (χ3v) is 5.09. The van der Waals surface area contributed by atoms with Crippen molar-refractivity contribution in [3.63, 3.8) is 0 Å². The second kappa shape index (κ2) is 5.78. The van der Waals surface area contributed by atoms with Gasteiger partial charge in [0.15, 0.2) is 0 Å². The Morgan fingerprint density at radius 2 is 1.62 bits per heavy atom. The van der Waals surface area contributed by atoms with Crippen LogP contribution in [0.3, 0.4) is 0 Å². The predicted molar refractivity (Wildman–Crippen MR) is 89.4 cm³/mol. The lowest BCUT2D eigenvalue weighted by Gasteiger charge is -2.37. The van der Waals surface area contributed by atoms with E-state index in [0.717, 1.165) is 17.5 Å². The average molecular weight is 321 g/mol. The third kappa shape index (κ3) is 2.21. The maximum absolute atomic E-state index is 12.6. The van der Waals surface area contributed by atoms with E-state index in [1.54, 1.807) is 4.90 Å². The van der Waals surface area contributed by atoms with Gasteiger partial charge in [-0.15, -0.1) is 0 Å². The summed E-state index contributed by atoms with van der Waals surface area (Å²) in [6, 6.07) is 15.6. The number of rotatable bonds is 2. The zero-order valence-electron chi connectivity index (χ0n) is 13.6. The number of fused-ring (bicyclic) bond motifs is 2. The summed E-state index contributed by atoms with van der Waals surface area (Å²) in [6.07, 6.45) is 1.76. The van der Waals surface area contributed by atoms with Crippen molar-refractivity contribution < 1.29 is 14.3 Å². The van der Waals surface area contributed by atoms with E-state index in [1.165, 1.54) is 18.2 Å². The number of amides is 1. The second-order valence-electron chi connectivity index (χ2n) is 6.36. The van der Waals surface area contributed by atoms with Gasteiger partial charge in [0.25, 0.3) is 0 Å². The fraction of sp³-hybridized carbons (Fsp3) is 0.300. The van der Waals surface area contributed by atoms with Gasteiger partial charge < -0.3 is 9.64 Å². The van der Waals surface area contributed by atoms with Gasteiger partial charge in [0.2, 0.25) is 5.91 Å².